The van der Waals surface area contributed by atoms with Gasteiger partial charge in [0.15, 0.2) is 0 Å². The number of carbonyl (C=O) groups excluding carboxylic acids is 2. The Balaban J connectivity index is 1.96. The van der Waals surface area contributed by atoms with E-state index in [1.165, 1.54) is 0 Å². The number of benzene rings is 1. The highest BCUT2D eigenvalue weighted by atomic mass is 79.9. The third-order valence-electron chi connectivity index (χ3n) is 4.81. The Morgan fingerprint density at radius 1 is 1.03 bits per heavy atom. The quantitative estimate of drug-likeness (QED) is 0.594. The number of allylic oxidation sites excluding steroid dienone is 2. The zero-order valence-electron chi connectivity index (χ0n) is 17.9. The molecule has 2 heterocycles. The van der Waals surface area contributed by atoms with E-state index in [4.69, 9.17) is 9.47 Å². The van der Waals surface area contributed by atoms with E-state index in [9.17, 15) is 9.59 Å². The molecule has 0 radical (unpaired) electrons. The van der Waals surface area contributed by atoms with E-state index in [1.807, 2.05) is 30.3 Å². The molecule has 0 spiro atoms. The van der Waals surface area contributed by atoms with Crippen molar-refractivity contribution in [3.05, 3.63) is 86.9 Å². The summed E-state index contributed by atoms with van der Waals surface area (Å²) in [6.07, 6.45) is 1.34. The number of carbonyl (C=O) groups is 2. The van der Waals surface area contributed by atoms with Crippen LogP contribution in [-0.2, 0) is 25.7 Å². The number of nitrogens with zero attached hydrogens (tertiary/aromatic N) is 1. The molecule has 0 aliphatic carbocycles. The van der Waals surface area contributed by atoms with Crippen LogP contribution in [0.1, 0.15) is 44.9 Å². The molecule has 1 N–H and O–H groups in total. The van der Waals surface area contributed by atoms with E-state index in [1.54, 1.807) is 46.0 Å². The molecule has 31 heavy (non-hydrogen) atoms. The molecule has 0 bridgehead atoms. The zero-order chi connectivity index (χ0) is 22.5. The van der Waals surface area contributed by atoms with Gasteiger partial charge in [0.05, 0.1) is 28.9 Å². The van der Waals surface area contributed by atoms with E-state index >= 15 is 0 Å². The van der Waals surface area contributed by atoms with Crippen molar-refractivity contribution in [1.82, 2.24) is 10.3 Å². The highest BCUT2D eigenvalue weighted by molar-refractivity contribution is 9.10. The summed E-state index contributed by atoms with van der Waals surface area (Å²) in [6, 6.07) is 12.9. The zero-order valence-corrected chi connectivity index (χ0v) is 19.5. The summed E-state index contributed by atoms with van der Waals surface area (Å²) < 4.78 is 12.0. The molecule has 162 valence electrons. The van der Waals surface area contributed by atoms with Crippen molar-refractivity contribution in [2.45, 2.75) is 46.3 Å². The first-order valence-corrected chi connectivity index (χ1v) is 10.8. The largest absolute Gasteiger partial charge is 0.460 e. The molecule has 1 aliphatic rings. The first kappa shape index (κ1) is 22.7. The average molecular weight is 485 g/mol. The minimum atomic E-state index is -0.689. The number of aromatic nitrogens is 1. The van der Waals surface area contributed by atoms with Crippen molar-refractivity contribution < 1.29 is 19.1 Å². The number of hydrogen-bond donors (Lipinski definition) is 1. The second-order valence-corrected chi connectivity index (χ2v) is 8.46. The van der Waals surface area contributed by atoms with Crippen molar-refractivity contribution in [3.63, 3.8) is 0 Å². The van der Waals surface area contributed by atoms with Gasteiger partial charge in [0.25, 0.3) is 0 Å². The van der Waals surface area contributed by atoms with Crippen LogP contribution >= 0.6 is 15.9 Å². The van der Waals surface area contributed by atoms with E-state index < -0.39 is 17.9 Å². The SMILES string of the molecule is CC1=C(C(=O)OCc2ccc(Br)cc2)C(c2ccccn2)C(C(=O)OC(C)C)=C(C)N1. The number of hydrogen-bond acceptors (Lipinski definition) is 6. The van der Waals surface area contributed by atoms with Crippen LogP contribution in [-0.4, -0.2) is 23.0 Å². The lowest BCUT2D eigenvalue weighted by Crippen LogP contribution is -2.33. The standard InChI is InChI=1S/C24H25BrN2O4/c1-14(2)31-24(29)21-16(4)27-15(3)20(22(21)19-7-5-6-12-26-19)23(28)30-13-17-8-10-18(25)11-9-17/h5-12,14,22,27H,13H2,1-4H3. The fourth-order valence-corrected chi connectivity index (χ4v) is 3.73. The van der Waals surface area contributed by atoms with Gasteiger partial charge in [-0.25, -0.2) is 9.59 Å². The molecule has 0 saturated carbocycles. The lowest BCUT2D eigenvalue weighted by atomic mass is 9.82. The van der Waals surface area contributed by atoms with Gasteiger partial charge >= 0.3 is 11.9 Å². The molecule has 1 aromatic heterocycles. The number of nitrogens with one attached hydrogen (secondary N) is 1. The van der Waals surface area contributed by atoms with Crippen LogP contribution in [0.25, 0.3) is 0 Å². The Hall–Kier alpha value is -2.93. The number of rotatable bonds is 6. The number of pyridine rings is 1. The van der Waals surface area contributed by atoms with Gasteiger partial charge < -0.3 is 14.8 Å². The van der Waals surface area contributed by atoms with Crippen molar-refractivity contribution >= 4 is 27.9 Å². The van der Waals surface area contributed by atoms with Crippen molar-refractivity contribution in [2.75, 3.05) is 0 Å². The van der Waals surface area contributed by atoms with Gasteiger partial charge in [0.2, 0.25) is 0 Å². The predicted octanol–water partition coefficient (Wildman–Crippen LogP) is 4.77. The van der Waals surface area contributed by atoms with Crippen molar-refractivity contribution in [1.29, 1.82) is 0 Å². The lowest BCUT2D eigenvalue weighted by Gasteiger charge is -2.30. The van der Waals surface area contributed by atoms with E-state index in [-0.39, 0.29) is 12.7 Å². The average Bonchev–Trinajstić information content (AvgIpc) is 2.72. The van der Waals surface area contributed by atoms with Gasteiger partial charge in [-0.3, -0.25) is 4.98 Å². The van der Waals surface area contributed by atoms with Gasteiger partial charge in [-0.15, -0.1) is 0 Å². The number of esters is 2. The Bertz CT molecular complexity index is 1030. The smallest absolute Gasteiger partial charge is 0.337 e. The van der Waals surface area contributed by atoms with Gasteiger partial charge in [-0.2, -0.15) is 0 Å². The van der Waals surface area contributed by atoms with E-state index in [2.05, 4.69) is 26.2 Å². The topological polar surface area (TPSA) is 77.5 Å². The first-order valence-electron chi connectivity index (χ1n) is 10.00. The monoisotopic (exact) mass is 484 g/mol. The molecular weight excluding hydrogens is 460 g/mol. The lowest BCUT2D eigenvalue weighted by molar-refractivity contribution is -0.143. The normalized spacial score (nSPS) is 16.3. The summed E-state index contributed by atoms with van der Waals surface area (Å²) in [5.41, 5.74) is 3.39. The van der Waals surface area contributed by atoms with Crippen LogP contribution in [0, 0.1) is 0 Å². The van der Waals surface area contributed by atoms with Crippen molar-refractivity contribution in [2.24, 2.45) is 0 Å². The van der Waals surface area contributed by atoms with E-state index in [0.29, 0.717) is 28.2 Å². The summed E-state index contributed by atoms with van der Waals surface area (Å²) >= 11 is 3.39. The molecule has 0 fully saturated rings. The van der Waals surface area contributed by atoms with Gasteiger partial charge in [0, 0.05) is 22.1 Å². The fraction of sp³-hybridized carbons (Fsp3) is 0.292. The molecule has 1 unspecified atom stereocenters. The molecule has 1 aromatic carbocycles. The maximum Gasteiger partial charge on any atom is 0.337 e. The minimum Gasteiger partial charge on any atom is -0.460 e. The molecule has 0 amide bonds. The molecule has 3 rings (SSSR count). The fourth-order valence-electron chi connectivity index (χ4n) is 3.46. The van der Waals surface area contributed by atoms with Crippen LogP contribution in [0.5, 0.6) is 0 Å². The van der Waals surface area contributed by atoms with Gasteiger partial charge in [0.1, 0.15) is 6.61 Å². The molecular formula is C24H25BrN2O4. The van der Waals surface area contributed by atoms with Gasteiger partial charge in [-0.05, 0) is 57.5 Å². The van der Waals surface area contributed by atoms with Crippen LogP contribution in [0.3, 0.4) is 0 Å². The van der Waals surface area contributed by atoms with Crippen LogP contribution < -0.4 is 5.32 Å². The minimum absolute atomic E-state index is 0.117. The molecule has 1 atom stereocenters. The van der Waals surface area contributed by atoms with Crippen LogP contribution in [0.2, 0.25) is 0 Å². The number of halogens is 1. The summed E-state index contributed by atoms with van der Waals surface area (Å²) in [5.74, 6) is -1.68. The summed E-state index contributed by atoms with van der Waals surface area (Å²) in [4.78, 5) is 30.6. The van der Waals surface area contributed by atoms with Crippen LogP contribution in [0.15, 0.2) is 75.7 Å². The Morgan fingerprint density at radius 2 is 1.68 bits per heavy atom. The predicted molar refractivity (Wildman–Crippen MR) is 121 cm³/mol. The Morgan fingerprint density at radius 3 is 2.26 bits per heavy atom. The Labute approximate surface area is 190 Å². The summed E-state index contributed by atoms with van der Waals surface area (Å²) in [5, 5.41) is 3.14. The molecule has 6 nitrogen and oxygen atoms in total. The van der Waals surface area contributed by atoms with E-state index in [0.717, 1.165) is 10.0 Å². The second kappa shape index (κ2) is 9.92. The highest BCUT2D eigenvalue weighted by Gasteiger charge is 2.39. The third-order valence-corrected chi connectivity index (χ3v) is 5.34. The summed E-state index contributed by atoms with van der Waals surface area (Å²) in [7, 11) is 0. The maximum atomic E-state index is 13.2. The molecule has 2 aromatic rings. The Kier molecular flexibility index (Phi) is 7.28. The molecule has 1 aliphatic heterocycles. The van der Waals surface area contributed by atoms with Crippen molar-refractivity contribution in [3.8, 4) is 0 Å². The second-order valence-electron chi connectivity index (χ2n) is 7.55. The third kappa shape index (κ3) is 5.41. The highest BCUT2D eigenvalue weighted by Crippen LogP contribution is 2.38. The molecule has 0 saturated heterocycles. The maximum absolute atomic E-state index is 13.2. The van der Waals surface area contributed by atoms with Gasteiger partial charge in [-0.1, -0.05) is 34.1 Å². The first-order chi connectivity index (χ1) is 14.8. The molecule has 7 heteroatoms. The van der Waals surface area contributed by atoms with Crippen LogP contribution in [0.4, 0.5) is 0 Å². The summed E-state index contributed by atoms with van der Waals surface area (Å²) in [6.45, 7) is 7.27. The number of dihydropyridines is 1. The number of ether oxygens (including phenoxy) is 2.